The predicted octanol–water partition coefficient (Wildman–Crippen LogP) is 16.8. The van der Waals surface area contributed by atoms with Crippen LogP contribution in [-0.4, -0.2) is 0 Å². The molecule has 0 radical (unpaired) electrons. The van der Waals surface area contributed by atoms with Crippen LogP contribution in [0, 0.1) is 0 Å². The first-order chi connectivity index (χ1) is 29.4. The summed E-state index contributed by atoms with van der Waals surface area (Å²) in [5.74, 6) is 0. The number of fused-ring (bicyclic) bond motifs is 7. The fraction of sp³-hybridized carbons (Fsp3) is 0.0690. The van der Waals surface area contributed by atoms with Gasteiger partial charge in [0.15, 0.2) is 5.58 Å². The smallest absolute Gasteiger partial charge is 0.159 e. The van der Waals surface area contributed by atoms with Gasteiger partial charge in [0.25, 0.3) is 0 Å². The van der Waals surface area contributed by atoms with Crippen LogP contribution in [-0.2, 0) is 5.41 Å². The van der Waals surface area contributed by atoms with Gasteiger partial charge in [0.1, 0.15) is 5.58 Å². The zero-order chi connectivity index (χ0) is 40.4. The van der Waals surface area contributed by atoms with Gasteiger partial charge in [0.05, 0.1) is 11.4 Å². The Balaban J connectivity index is 1.05. The molecule has 0 aliphatic carbocycles. The van der Waals surface area contributed by atoms with Gasteiger partial charge in [-0.15, -0.1) is 0 Å². The summed E-state index contributed by atoms with van der Waals surface area (Å²) in [6.07, 6.45) is 0. The van der Waals surface area contributed by atoms with Gasteiger partial charge < -0.3 is 9.32 Å². The van der Waals surface area contributed by atoms with Crippen molar-refractivity contribution in [3.8, 4) is 33.4 Å². The van der Waals surface area contributed by atoms with Crippen molar-refractivity contribution in [2.24, 2.45) is 0 Å². The first-order valence-corrected chi connectivity index (χ1v) is 20.8. The molecule has 2 nitrogen and oxygen atoms in total. The molecular weight excluding hydrogens is 727 g/mol. The average molecular weight is 770 g/mol. The molecule has 0 saturated heterocycles. The van der Waals surface area contributed by atoms with Crippen LogP contribution in [0.15, 0.2) is 211 Å². The zero-order valence-electron chi connectivity index (χ0n) is 34.0. The highest BCUT2D eigenvalue weighted by Crippen LogP contribution is 2.48. The number of hydrogen-bond acceptors (Lipinski definition) is 2. The molecule has 0 aliphatic rings. The molecular formula is C58H43NO. The van der Waals surface area contributed by atoms with Gasteiger partial charge in [-0.1, -0.05) is 178 Å². The van der Waals surface area contributed by atoms with Gasteiger partial charge in [0.2, 0.25) is 0 Å². The topological polar surface area (TPSA) is 16.4 Å². The van der Waals surface area contributed by atoms with Crippen molar-refractivity contribution in [2.45, 2.75) is 26.2 Å². The Hall–Kier alpha value is -7.42. The van der Waals surface area contributed by atoms with Crippen molar-refractivity contribution in [1.82, 2.24) is 0 Å². The summed E-state index contributed by atoms with van der Waals surface area (Å²) >= 11 is 0. The first kappa shape index (κ1) is 35.7. The third-order valence-corrected chi connectivity index (χ3v) is 12.1. The fourth-order valence-electron chi connectivity index (χ4n) is 9.08. The van der Waals surface area contributed by atoms with E-state index in [1.165, 1.54) is 65.5 Å². The van der Waals surface area contributed by atoms with Crippen LogP contribution < -0.4 is 4.90 Å². The maximum absolute atomic E-state index is 7.17. The molecule has 0 unspecified atom stereocenters. The number of hydrogen-bond donors (Lipinski definition) is 0. The Morgan fingerprint density at radius 2 is 0.900 bits per heavy atom. The van der Waals surface area contributed by atoms with Crippen molar-refractivity contribution in [3.05, 3.63) is 212 Å². The Morgan fingerprint density at radius 3 is 1.62 bits per heavy atom. The molecule has 0 N–H and O–H groups in total. The Morgan fingerprint density at radius 1 is 0.367 bits per heavy atom. The number of para-hydroxylation sites is 2. The second-order valence-corrected chi connectivity index (χ2v) is 17.0. The molecule has 1 aromatic heterocycles. The summed E-state index contributed by atoms with van der Waals surface area (Å²) in [7, 11) is 0. The molecule has 0 saturated carbocycles. The largest absolute Gasteiger partial charge is 0.454 e. The van der Waals surface area contributed by atoms with Crippen LogP contribution in [0.25, 0.3) is 87.6 Å². The molecule has 10 aromatic carbocycles. The lowest BCUT2D eigenvalue weighted by Gasteiger charge is -2.28. The Kier molecular flexibility index (Phi) is 8.42. The van der Waals surface area contributed by atoms with E-state index in [1.54, 1.807) is 0 Å². The molecule has 0 fully saturated rings. The van der Waals surface area contributed by atoms with E-state index in [-0.39, 0.29) is 5.41 Å². The highest BCUT2D eigenvalue weighted by Gasteiger charge is 2.26. The highest BCUT2D eigenvalue weighted by atomic mass is 16.3. The molecule has 1 heterocycles. The van der Waals surface area contributed by atoms with E-state index in [9.17, 15) is 0 Å². The second kappa shape index (κ2) is 14.1. The van der Waals surface area contributed by atoms with E-state index in [0.29, 0.717) is 0 Å². The normalized spacial score (nSPS) is 11.9. The van der Waals surface area contributed by atoms with Crippen LogP contribution in [0.4, 0.5) is 17.1 Å². The fourth-order valence-corrected chi connectivity index (χ4v) is 9.08. The molecule has 60 heavy (non-hydrogen) atoms. The molecule has 11 aromatic rings. The molecule has 0 amide bonds. The van der Waals surface area contributed by atoms with Crippen LogP contribution in [0.3, 0.4) is 0 Å². The maximum Gasteiger partial charge on any atom is 0.159 e. The van der Waals surface area contributed by atoms with Crippen LogP contribution in [0.5, 0.6) is 0 Å². The molecule has 0 atom stereocenters. The van der Waals surface area contributed by atoms with Crippen LogP contribution in [0.2, 0.25) is 0 Å². The maximum atomic E-state index is 7.17. The standard InChI is InChI=1S/C58H43NO/c1-58(2,3)52-37-47-18-9-10-20-50(47)55-51-21-13-23-54(56(51)60-57(52)55)59(53-22-12-11-19-49(53)40-15-5-4-6-16-40)48-32-30-39(31-33-48)42-26-27-45-36-46(29-28-44(45)35-42)43-25-24-38-14-7-8-17-41(38)34-43/h4-37H,1-3H3. The minimum absolute atomic E-state index is 0.117. The van der Waals surface area contributed by atoms with Gasteiger partial charge >= 0.3 is 0 Å². The highest BCUT2D eigenvalue weighted by molar-refractivity contribution is 6.22. The predicted molar refractivity (Wildman–Crippen MR) is 256 cm³/mol. The molecule has 0 aliphatic heterocycles. The summed E-state index contributed by atoms with van der Waals surface area (Å²) in [5, 5.41) is 9.68. The SMILES string of the molecule is CC(C)(C)c1cc2ccccc2c2c1oc1c(N(c3ccc(-c4ccc5cc(-c6ccc7ccccc7c6)ccc5c4)cc3)c3ccccc3-c3ccccc3)cccc12. The first-order valence-electron chi connectivity index (χ1n) is 20.8. The quantitative estimate of drug-likeness (QED) is 0.167. The molecule has 0 bridgehead atoms. The van der Waals surface area contributed by atoms with Crippen molar-refractivity contribution < 1.29 is 4.42 Å². The van der Waals surface area contributed by atoms with Crippen LogP contribution in [0.1, 0.15) is 26.3 Å². The van der Waals surface area contributed by atoms with Crippen molar-refractivity contribution in [2.75, 3.05) is 4.90 Å². The number of furan rings is 1. The van der Waals surface area contributed by atoms with Crippen LogP contribution >= 0.6 is 0 Å². The van der Waals surface area contributed by atoms with E-state index in [1.807, 2.05) is 0 Å². The van der Waals surface area contributed by atoms with Gasteiger partial charge in [-0.05, 0) is 114 Å². The number of nitrogens with zero attached hydrogens (tertiary/aromatic N) is 1. The lowest BCUT2D eigenvalue weighted by Crippen LogP contribution is -2.11. The van der Waals surface area contributed by atoms with Gasteiger partial charge in [0, 0.05) is 27.6 Å². The summed E-state index contributed by atoms with van der Waals surface area (Å²) in [5.41, 5.74) is 13.2. The van der Waals surface area contributed by atoms with E-state index < -0.39 is 0 Å². The Bertz CT molecular complexity index is 3400. The number of anilines is 3. The third kappa shape index (κ3) is 6.12. The summed E-state index contributed by atoms with van der Waals surface area (Å²) in [6, 6.07) is 74.9. The number of benzene rings is 10. The van der Waals surface area contributed by atoms with Gasteiger partial charge in [-0.25, -0.2) is 0 Å². The van der Waals surface area contributed by atoms with Crippen molar-refractivity contribution in [1.29, 1.82) is 0 Å². The zero-order valence-corrected chi connectivity index (χ0v) is 34.0. The van der Waals surface area contributed by atoms with E-state index in [4.69, 9.17) is 4.42 Å². The van der Waals surface area contributed by atoms with Crippen molar-refractivity contribution in [3.63, 3.8) is 0 Å². The summed E-state index contributed by atoms with van der Waals surface area (Å²) < 4.78 is 7.17. The molecule has 11 rings (SSSR count). The molecule has 286 valence electrons. The minimum atomic E-state index is -0.117. The minimum Gasteiger partial charge on any atom is -0.454 e. The lowest BCUT2D eigenvalue weighted by molar-refractivity contribution is 0.573. The average Bonchev–Trinajstić information content (AvgIpc) is 3.69. The lowest BCUT2D eigenvalue weighted by atomic mass is 9.84. The van der Waals surface area contributed by atoms with E-state index >= 15 is 0 Å². The monoisotopic (exact) mass is 769 g/mol. The third-order valence-electron chi connectivity index (χ3n) is 12.1. The van der Waals surface area contributed by atoms with Gasteiger partial charge in [-0.2, -0.15) is 0 Å². The molecule has 2 heteroatoms. The Labute approximate surface area is 350 Å². The van der Waals surface area contributed by atoms with Crippen molar-refractivity contribution >= 4 is 71.3 Å². The number of rotatable bonds is 6. The summed E-state index contributed by atoms with van der Waals surface area (Å²) in [6.45, 7) is 6.81. The summed E-state index contributed by atoms with van der Waals surface area (Å²) in [4.78, 5) is 2.38. The van der Waals surface area contributed by atoms with E-state index in [2.05, 4.69) is 232 Å². The molecule has 0 spiro atoms. The second-order valence-electron chi connectivity index (χ2n) is 17.0. The van der Waals surface area contributed by atoms with E-state index in [0.717, 1.165) is 44.7 Å². The van der Waals surface area contributed by atoms with Gasteiger partial charge in [-0.3, -0.25) is 0 Å².